The largest absolute Gasteiger partial charge is 0.464 e. The van der Waals surface area contributed by atoms with Crippen LogP contribution in [0.4, 0.5) is 18.9 Å². The number of rotatable bonds is 2. The Morgan fingerprint density at radius 3 is 2.52 bits per heavy atom. The average Bonchev–Trinajstić information content (AvgIpc) is 2.55. The number of ether oxygens (including phenoxy) is 1. The van der Waals surface area contributed by atoms with E-state index in [2.05, 4.69) is 9.72 Å². The highest BCUT2D eigenvalue weighted by molar-refractivity contribution is 6.35. The molecule has 0 amide bonds. The van der Waals surface area contributed by atoms with E-state index in [0.29, 0.717) is 0 Å². The third kappa shape index (κ3) is 2.69. The number of benzene rings is 1. The molecule has 2 aromatic rings. The van der Waals surface area contributed by atoms with Crippen molar-refractivity contribution in [2.45, 2.75) is 0 Å². The number of esters is 1. The maximum absolute atomic E-state index is 14.2. The topological polar surface area (TPSA) is 65.2 Å². The predicted molar refractivity (Wildman–Crippen MR) is 78.2 cm³/mol. The fourth-order valence-electron chi connectivity index (χ4n) is 1.82. The van der Waals surface area contributed by atoms with Crippen molar-refractivity contribution < 1.29 is 22.7 Å². The molecule has 0 bridgehead atoms. The van der Waals surface area contributed by atoms with Crippen molar-refractivity contribution in [3.8, 4) is 23.6 Å². The first kappa shape index (κ1) is 16.6. The summed E-state index contributed by atoms with van der Waals surface area (Å²) in [6.45, 7) is 0. The molecule has 118 valence electrons. The van der Waals surface area contributed by atoms with Gasteiger partial charge in [-0.15, -0.1) is 6.42 Å². The van der Waals surface area contributed by atoms with Crippen molar-refractivity contribution in [1.82, 2.24) is 4.98 Å². The third-order valence-electron chi connectivity index (χ3n) is 2.98. The zero-order valence-electron chi connectivity index (χ0n) is 11.6. The molecule has 8 heteroatoms. The fraction of sp³-hybridized carbons (Fsp3) is 0.0667. The molecule has 0 saturated carbocycles. The number of nitrogens with zero attached hydrogens (tertiary/aromatic N) is 1. The maximum Gasteiger partial charge on any atom is 0.358 e. The number of halogens is 4. The molecule has 0 radical (unpaired) electrons. The van der Waals surface area contributed by atoms with Gasteiger partial charge in [0.2, 0.25) is 0 Å². The second kappa shape index (κ2) is 6.18. The summed E-state index contributed by atoms with van der Waals surface area (Å²) in [6, 6.07) is 2.09. The van der Waals surface area contributed by atoms with Crippen molar-refractivity contribution in [2.75, 3.05) is 12.8 Å². The lowest BCUT2D eigenvalue weighted by atomic mass is 10.1. The molecule has 2 N–H and O–H groups in total. The van der Waals surface area contributed by atoms with Gasteiger partial charge in [-0.3, -0.25) is 0 Å². The van der Waals surface area contributed by atoms with Crippen LogP contribution in [0.15, 0.2) is 12.1 Å². The molecule has 23 heavy (non-hydrogen) atoms. The smallest absolute Gasteiger partial charge is 0.358 e. The molecule has 0 aliphatic rings. The Balaban J connectivity index is 2.80. The predicted octanol–water partition coefficient (Wildman–Crippen LogP) is 3.17. The summed E-state index contributed by atoms with van der Waals surface area (Å²) in [6.07, 6.45) is 5.02. The molecule has 4 nitrogen and oxygen atoms in total. The van der Waals surface area contributed by atoms with Gasteiger partial charge in [0.05, 0.1) is 23.4 Å². The number of hydrogen-bond acceptors (Lipinski definition) is 4. The molecular weight excluding hydrogens is 333 g/mol. The molecular formula is C15H8ClF3N2O2. The Kier molecular flexibility index (Phi) is 4.48. The molecule has 0 spiro atoms. The highest BCUT2D eigenvalue weighted by Gasteiger charge is 2.25. The Morgan fingerprint density at radius 2 is 1.96 bits per heavy atom. The van der Waals surface area contributed by atoms with E-state index in [1.165, 1.54) is 0 Å². The summed E-state index contributed by atoms with van der Waals surface area (Å²) < 4.78 is 46.5. The Morgan fingerprint density at radius 1 is 1.30 bits per heavy atom. The van der Waals surface area contributed by atoms with E-state index in [4.69, 9.17) is 23.8 Å². The van der Waals surface area contributed by atoms with E-state index in [9.17, 15) is 18.0 Å². The van der Waals surface area contributed by atoms with E-state index in [-0.39, 0.29) is 5.56 Å². The van der Waals surface area contributed by atoms with Crippen LogP contribution in [0.1, 0.15) is 16.1 Å². The van der Waals surface area contributed by atoms with Crippen LogP contribution >= 0.6 is 11.6 Å². The van der Waals surface area contributed by atoms with Gasteiger partial charge in [-0.05, 0) is 12.1 Å². The number of aromatic nitrogens is 1. The van der Waals surface area contributed by atoms with Gasteiger partial charge in [0.25, 0.3) is 0 Å². The summed E-state index contributed by atoms with van der Waals surface area (Å²) in [7, 11) is 1.04. The number of nitrogens with two attached hydrogens (primary N) is 1. The van der Waals surface area contributed by atoms with E-state index >= 15 is 0 Å². The van der Waals surface area contributed by atoms with Gasteiger partial charge in [-0.2, -0.15) is 0 Å². The number of hydrogen-bond donors (Lipinski definition) is 1. The van der Waals surface area contributed by atoms with Crippen LogP contribution in [0.2, 0.25) is 5.02 Å². The van der Waals surface area contributed by atoms with Crippen molar-refractivity contribution in [3.63, 3.8) is 0 Å². The first-order chi connectivity index (χ1) is 10.8. The molecule has 0 aliphatic carbocycles. The highest BCUT2D eigenvalue weighted by Crippen LogP contribution is 2.34. The Bertz CT molecular complexity index is 863. The van der Waals surface area contributed by atoms with Gasteiger partial charge < -0.3 is 10.5 Å². The number of anilines is 1. The quantitative estimate of drug-likeness (QED) is 0.673. The molecule has 1 aromatic carbocycles. The summed E-state index contributed by atoms with van der Waals surface area (Å²) in [5.41, 5.74) is 2.69. The first-order valence-electron chi connectivity index (χ1n) is 6.01. The first-order valence-corrected chi connectivity index (χ1v) is 6.39. The summed E-state index contributed by atoms with van der Waals surface area (Å²) in [5.74, 6) is -3.04. The lowest BCUT2D eigenvalue weighted by Crippen LogP contribution is -2.11. The van der Waals surface area contributed by atoms with Crippen LogP contribution in [0.5, 0.6) is 0 Å². The van der Waals surface area contributed by atoms with Gasteiger partial charge in [-0.1, -0.05) is 17.5 Å². The van der Waals surface area contributed by atoms with Crippen LogP contribution in [-0.4, -0.2) is 18.1 Å². The fourth-order valence-corrected chi connectivity index (χ4v) is 2.02. The molecule has 0 aliphatic heterocycles. The summed E-state index contributed by atoms with van der Waals surface area (Å²) in [4.78, 5) is 15.2. The monoisotopic (exact) mass is 340 g/mol. The van der Waals surface area contributed by atoms with E-state index in [1.54, 1.807) is 0 Å². The average molecular weight is 341 g/mol. The minimum atomic E-state index is -1.43. The van der Waals surface area contributed by atoms with Gasteiger partial charge in [0.15, 0.2) is 23.1 Å². The van der Waals surface area contributed by atoms with Gasteiger partial charge in [0, 0.05) is 5.56 Å². The second-order valence-corrected chi connectivity index (χ2v) is 4.65. The summed E-state index contributed by atoms with van der Waals surface area (Å²) in [5, 5.41) is -0.487. The molecule has 1 heterocycles. The van der Waals surface area contributed by atoms with Crippen LogP contribution < -0.4 is 5.73 Å². The SMILES string of the molecule is C#Cc1ccc(-c2nc(C(=O)OC)c(Cl)c(N)c2F)c(F)c1F. The van der Waals surface area contributed by atoms with Crippen LogP contribution in [0.3, 0.4) is 0 Å². The normalized spacial score (nSPS) is 10.3. The lowest BCUT2D eigenvalue weighted by molar-refractivity contribution is 0.0594. The van der Waals surface area contributed by atoms with Gasteiger partial charge in [0.1, 0.15) is 5.69 Å². The van der Waals surface area contributed by atoms with Crippen LogP contribution in [0.25, 0.3) is 11.3 Å². The van der Waals surface area contributed by atoms with Gasteiger partial charge >= 0.3 is 5.97 Å². The van der Waals surface area contributed by atoms with Crippen molar-refractivity contribution >= 4 is 23.3 Å². The third-order valence-corrected chi connectivity index (χ3v) is 3.37. The zero-order chi connectivity index (χ0) is 17.3. The number of carbonyl (C=O) groups is 1. The van der Waals surface area contributed by atoms with Crippen molar-refractivity contribution in [1.29, 1.82) is 0 Å². The number of nitrogen functional groups attached to an aromatic ring is 1. The number of pyridine rings is 1. The lowest BCUT2D eigenvalue weighted by Gasteiger charge is -2.11. The van der Waals surface area contributed by atoms with Gasteiger partial charge in [-0.25, -0.2) is 22.9 Å². The Hall–Kier alpha value is -2.72. The number of carbonyl (C=O) groups excluding carboxylic acids is 1. The highest BCUT2D eigenvalue weighted by atomic mass is 35.5. The molecule has 1 aromatic heterocycles. The standard InChI is InChI=1S/C15H8ClF3N2O2/c1-3-6-4-5-7(10(18)9(6)17)13-11(19)12(20)8(16)14(21-13)15(22)23-2/h1,4-5H,2H3,(H2,20,21). The second-order valence-electron chi connectivity index (χ2n) is 4.28. The summed E-state index contributed by atoms with van der Waals surface area (Å²) >= 11 is 5.73. The van der Waals surface area contributed by atoms with Crippen LogP contribution in [-0.2, 0) is 4.74 Å². The molecule has 2 rings (SSSR count). The molecule has 0 atom stereocenters. The van der Waals surface area contributed by atoms with E-state index in [0.717, 1.165) is 19.2 Å². The molecule has 0 unspecified atom stereocenters. The van der Waals surface area contributed by atoms with Crippen molar-refractivity contribution in [3.05, 3.63) is 45.9 Å². The zero-order valence-corrected chi connectivity index (χ0v) is 12.3. The minimum Gasteiger partial charge on any atom is -0.464 e. The van der Waals surface area contributed by atoms with E-state index < -0.39 is 51.1 Å². The Labute approximate surface area is 134 Å². The number of methoxy groups -OCH3 is 1. The molecule has 0 fully saturated rings. The van der Waals surface area contributed by atoms with E-state index in [1.807, 2.05) is 5.92 Å². The number of terminal acetylenes is 1. The minimum absolute atomic E-state index is 0.346. The van der Waals surface area contributed by atoms with Crippen LogP contribution in [0, 0.1) is 29.8 Å². The van der Waals surface area contributed by atoms with Crippen molar-refractivity contribution in [2.24, 2.45) is 0 Å². The molecule has 0 saturated heterocycles. The maximum atomic E-state index is 14.2.